The number of carboxylic acids is 1. The molecule has 1 unspecified atom stereocenters. The van der Waals surface area contributed by atoms with Crippen molar-refractivity contribution in [2.75, 3.05) is 10.6 Å². The van der Waals surface area contributed by atoms with Gasteiger partial charge in [-0.25, -0.2) is 14.8 Å². The molecule has 162 valence electrons. The van der Waals surface area contributed by atoms with Crippen molar-refractivity contribution in [2.45, 2.75) is 12.5 Å². The van der Waals surface area contributed by atoms with Crippen LogP contribution < -0.4 is 10.6 Å². The third kappa shape index (κ3) is 4.99. The second-order valence-electron chi connectivity index (χ2n) is 6.96. The van der Waals surface area contributed by atoms with E-state index in [9.17, 15) is 14.7 Å². The molecule has 2 amide bonds. The van der Waals surface area contributed by atoms with Gasteiger partial charge in [-0.15, -0.1) is 0 Å². The molecule has 3 N–H and O–H groups in total. The number of aromatic nitrogens is 3. The van der Waals surface area contributed by atoms with Gasteiger partial charge in [0, 0.05) is 11.4 Å². The molecule has 0 spiro atoms. The lowest BCUT2D eigenvalue weighted by molar-refractivity contribution is -0.137. The maximum atomic E-state index is 12.3. The van der Waals surface area contributed by atoms with Gasteiger partial charge in [0.25, 0.3) is 0 Å². The first-order chi connectivity index (χ1) is 15.4. The van der Waals surface area contributed by atoms with E-state index >= 15 is 0 Å². The molecule has 32 heavy (non-hydrogen) atoms. The molecular formula is C22H17Cl2N5O3. The Hall–Kier alpha value is -3.62. The molecule has 4 rings (SSSR count). The second kappa shape index (κ2) is 9.25. The Balaban J connectivity index is 1.56. The van der Waals surface area contributed by atoms with Crippen molar-refractivity contribution in [1.82, 2.24) is 14.5 Å². The summed E-state index contributed by atoms with van der Waals surface area (Å²) in [6.07, 6.45) is 1.52. The Morgan fingerprint density at radius 2 is 1.66 bits per heavy atom. The Kier molecular flexibility index (Phi) is 6.25. The van der Waals surface area contributed by atoms with Gasteiger partial charge in [-0.05, 0) is 35.9 Å². The number of hydrogen-bond acceptors (Lipinski definition) is 4. The molecule has 0 saturated carbocycles. The zero-order chi connectivity index (χ0) is 22.7. The van der Waals surface area contributed by atoms with E-state index in [-0.39, 0.29) is 16.7 Å². The number of pyridine rings is 1. The minimum atomic E-state index is -0.910. The lowest BCUT2D eigenvalue weighted by atomic mass is 10.0. The van der Waals surface area contributed by atoms with Gasteiger partial charge in [0.05, 0.1) is 29.8 Å². The van der Waals surface area contributed by atoms with Crippen molar-refractivity contribution in [2.24, 2.45) is 0 Å². The zero-order valence-corrected chi connectivity index (χ0v) is 18.0. The fraction of sp³-hybridized carbons (Fsp3) is 0.0909. The number of carbonyl (C=O) groups is 2. The lowest BCUT2D eigenvalue weighted by Crippen LogP contribution is -2.19. The number of halogens is 2. The van der Waals surface area contributed by atoms with Crippen LogP contribution in [0.3, 0.4) is 0 Å². The van der Waals surface area contributed by atoms with E-state index in [0.717, 1.165) is 11.1 Å². The average Bonchev–Trinajstić information content (AvgIpc) is 3.14. The van der Waals surface area contributed by atoms with E-state index in [1.807, 2.05) is 34.9 Å². The zero-order valence-electron chi connectivity index (χ0n) is 16.5. The van der Waals surface area contributed by atoms with Gasteiger partial charge in [-0.3, -0.25) is 4.79 Å². The van der Waals surface area contributed by atoms with Crippen LogP contribution >= 0.6 is 23.2 Å². The Morgan fingerprint density at radius 3 is 2.34 bits per heavy atom. The molecule has 2 aromatic carbocycles. The number of amides is 2. The number of hydrogen-bond donors (Lipinski definition) is 3. The van der Waals surface area contributed by atoms with Crippen molar-refractivity contribution in [1.29, 1.82) is 0 Å². The third-order valence-corrected chi connectivity index (χ3v) is 5.13. The minimum Gasteiger partial charge on any atom is -0.481 e. The molecular weight excluding hydrogens is 453 g/mol. The summed E-state index contributed by atoms with van der Waals surface area (Å²) in [6, 6.07) is 16.6. The van der Waals surface area contributed by atoms with Crippen LogP contribution in [0.4, 0.5) is 16.2 Å². The van der Waals surface area contributed by atoms with Crippen LogP contribution in [0, 0.1) is 0 Å². The van der Waals surface area contributed by atoms with Gasteiger partial charge in [-0.1, -0.05) is 53.5 Å². The Bertz CT molecular complexity index is 1270. The van der Waals surface area contributed by atoms with Gasteiger partial charge < -0.3 is 20.3 Å². The largest absolute Gasteiger partial charge is 0.481 e. The molecule has 0 fully saturated rings. The number of anilines is 2. The van der Waals surface area contributed by atoms with E-state index in [4.69, 9.17) is 23.2 Å². The normalized spacial score (nSPS) is 11.8. The van der Waals surface area contributed by atoms with Crippen LogP contribution in [0.5, 0.6) is 0 Å². The van der Waals surface area contributed by atoms with Crippen LogP contribution in [-0.2, 0) is 4.79 Å². The predicted octanol–water partition coefficient (Wildman–Crippen LogP) is 5.45. The van der Waals surface area contributed by atoms with Crippen molar-refractivity contribution in [3.63, 3.8) is 0 Å². The summed E-state index contributed by atoms with van der Waals surface area (Å²) in [6.45, 7) is 0. The van der Waals surface area contributed by atoms with Crippen LogP contribution in [0.2, 0.25) is 10.3 Å². The Morgan fingerprint density at radius 1 is 0.969 bits per heavy atom. The molecule has 0 radical (unpaired) electrons. The first-order valence-electron chi connectivity index (χ1n) is 9.53. The molecule has 0 saturated heterocycles. The summed E-state index contributed by atoms with van der Waals surface area (Å²) in [4.78, 5) is 32.0. The standard InChI is InChI=1S/C22H17Cl2N5O3/c23-19-9-15(10-20(24)28-19)27-22(32)26-14-6-7-17-16(8-14)25-12-29(17)18(11-21(30)31)13-4-2-1-3-5-13/h1-10,12,18H,11H2,(H,30,31)(H2,26,27,28,32). The number of carboxylic acid groups (broad SMARTS) is 1. The van der Waals surface area contributed by atoms with Crippen LogP contribution in [-0.4, -0.2) is 31.6 Å². The number of fused-ring (bicyclic) bond motifs is 1. The van der Waals surface area contributed by atoms with E-state index in [1.165, 1.54) is 12.1 Å². The number of carbonyl (C=O) groups excluding carboxylic acids is 1. The number of nitrogens with zero attached hydrogens (tertiary/aromatic N) is 3. The first kappa shape index (κ1) is 21.6. The highest BCUT2D eigenvalue weighted by atomic mass is 35.5. The number of aliphatic carboxylic acids is 1. The van der Waals surface area contributed by atoms with Crippen molar-refractivity contribution in [3.05, 3.63) is 82.9 Å². The summed E-state index contributed by atoms with van der Waals surface area (Å²) in [7, 11) is 0. The highest BCUT2D eigenvalue weighted by Crippen LogP contribution is 2.28. The van der Waals surface area contributed by atoms with Gasteiger partial charge in [0.15, 0.2) is 0 Å². The molecule has 2 aromatic heterocycles. The molecule has 0 bridgehead atoms. The van der Waals surface area contributed by atoms with Gasteiger partial charge >= 0.3 is 12.0 Å². The van der Waals surface area contributed by atoms with Gasteiger partial charge in [0.2, 0.25) is 0 Å². The van der Waals surface area contributed by atoms with Crippen molar-refractivity contribution >= 4 is 57.6 Å². The number of benzene rings is 2. The summed E-state index contributed by atoms with van der Waals surface area (Å²) in [5.74, 6) is -0.910. The molecule has 1 atom stereocenters. The van der Waals surface area contributed by atoms with Gasteiger partial charge in [-0.2, -0.15) is 0 Å². The number of nitrogens with one attached hydrogen (secondary N) is 2. The fourth-order valence-corrected chi connectivity index (χ4v) is 3.87. The van der Waals surface area contributed by atoms with E-state index < -0.39 is 18.0 Å². The highest BCUT2D eigenvalue weighted by Gasteiger charge is 2.20. The second-order valence-corrected chi connectivity index (χ2v) is 7.73. The maximum Gasteiger partial charge on any atom is 0.323 e. The quantitative estimate of drug-likeness (QED) is 0.325. The summed E-state index contributed by atoms with van der Waals surface area (Å²) in [5.41, 5.74) is 3.14. The lowest BCUT2D eigenvalue weighted by Gasteiger charge is -2.18. The van der Waals surface area contributed by atoms with Crippen LogP contribution in [0.1, 0.15) is 18.0 Å². The predicted molar refractivity (Wildman–Crippen MR) is 123 cm³/mol. The number of rotatable bonds is 6. The molecule has 2 heterocycles. The number of imidazole rings is 1. The van der Waals surface area contributed by atoms with Crippen LogP contribution in [0.25, 0.3) is 11.0 Å². The smallest absolute Gasteiger partial charge is 0.323 e. The van der Waals surface area contributed by atoms with Crippen molar-refractivity contribution in [3.8, 4) is 0 Å². The average molecular weight is 470 g/mol. The first-order valence-corrected chi connectivity index (χ1v) is 10.3. The topological polar surface area (TPSA) is 109 Å². The molecule has 0 aliphatic heterocycles. The summed E-state index contributed by atoms with van der Waals surface area (Å²) in [5, 5.41) is 15.1. The monoisotopic (exact) mass is 469 g/mol. The summed E-state index contributed by atoms with van der Waals surface area (Å²) >= 11 is 11.7. The molecule has 0 aliphatic rings. The third-order valence-electron chi connectivity index (χ3n) is 4.74. The Labute approximate surface area is 192 Å². The summed E-state index contributed by atoms with van der Waals surface area (Å²) < 4.78 is 1.82. The maximum absolute atomic E-state index is 12.3. The molecule has 0 aliphatic carbocycles. The van der Waals surface area contributed by atoms with Crippen molar-refractivity contribution < 1.29 is 14.7 Å². The van der Waals surface area contributed by atoms with E-state index in [2.05, 4.69) is 20.6 Å². The molecule has 10 heteroatoms. The van der Waals surface area contributed by atoms with E-state index in [1.54, 1.807) is 24.5 Å². The SMILES string of the molecule is O=C(O)CC(c1ccccc1)n1cnc2cc(NC(=O)Nc3cc(Cl)nc(Cl)c3)ccc21. The van der Waals surface area contributed by atoms with Crippen LogP contribution in [0.15, 0.2) is 67.0 Å². The number of urea groups is 1. The molecule has 8 nitrogen and oxygen atoms in total. The fourth-order valence-electron chi connectivity index (χ4n) is 3.41. The highest BCUT2D eigenvalue weighted by molar-refractivity contribution is 6.33. The van der Waals surface area contributed by atoms with E-state index in [0.29, 0.717) is 16.9 Å². The van der Waals surface area contributed by atoms with Gasteiger partial charge in [0.1, 0.15) is 10.3 Å². The molecule has 4 aromatic rings. The minimum absolute atomic E-state index is 0.0884.